The third-order valence-corrected chi connectivity index (χ3v) is 12.0. The van der Waals surface area contributed by atoms with Crippen molar-refractivity contribution in [2.75, 3.05) is 7.11 Å². The summed E-state index contributed by atoms with van der Waals surface area (Å²) >= 11 is 0. The number of nitrogens with zero attached hydrogens (tertiary/aromatic N) is 2. The van der Waals surface area contributed by atoms with Crippen LogP contribution in [-0.4, -0.2) is 55.1 Å². The molecule has 7 nitrogen and oxygen atoms in total. The Morgan fingerprint density at radius 1 is 1.05 bits per heavy atom. The van der Waals surface area contributed by atoms with Crippen LogP contribution in [0.4, 0.5) is 4.79 Å². The summed E-state index contributed by atoms with van der Waals surface area (Å²) in [6.45, 7) is 16.8. The molecule has 0 aliphatic carbocycles. The van der Waals surface area contributed by atoms with Crippen molar-refractivity contribution in [3.63, 3.8) is 0 Å². The lowest BCUT2D eigenvalue weighted by Gasteiger charge is -2.43. The van der Waals surface area contributed by atoms with Crippen molar-refractivity contribution in [3.8, 4) is 0 Å². The van der Waals surface area contributed by atoms with E-state index in [2.05, 4.69) is 38.8 Å². The molecular weight excluding hydrogens is 496 g/mol. The zero-order valence-corrected chi connectivity index (χ0v) is 25.4. The molecule has 0 radical (unpaired) electrons. The van der Waals surface area contributed by atoms with Gasteiger partial charge >= 0.3 is 12.1 Å². The van der Waals surface area contributed by atoms with E-state index in [4.69, 9.17) is 13.9 Å². The summed E-state index contributed by atoms with van der Waals surface area (Å²) < 4.78 is 17.8. The smallest absolute Gasteiger partial charge is 0.410 e. The summed E-state index contributed by atoms with van der Waals surface area (Å²) in [4.78, 5) is 31.9. The number of rotatable bonds is 7. The predicted octanol–water partition coefficient (Wildman–Crippen LogP) is 6.94. The minimum Gasteiger partial charge on any atom is -0.465 e. The zero-order chi connectivity index (χ0) is 28.3. The molecule has 2 aromatic rings. The highest BCUT2D eigenvalue weighted by Gasteiger charge is 2.47. The van der Waals surface area contributed by atoms with E-state index >= 15 is 0 Å². The Labute approximate surface area is 229 Å². The minimum absolute atomic E-state index is 0.00357. The molecule has 1 amide bonds. The van der Waals surface area contributed by atoms with Crippen molar-refractivity contribution in [2.24, 2.45) is 0 Å². The maximum Gasteiger partial charge on any atom is 0.410 e. The fraction of sp³-hybridized carbons (Fsp3) is 0.567. The van der Waals surface area contributed by atoms with E-state index in [1.54, 1.807) is 18.3 Å². The molecule has 208 valence electrons. The second-order valence-corrected chi connectivity index (χ2v) is 17.4. The topological polar surface area (TPSA) is 78.0 Å². The Morgan fingerprint density at radius 2 is 1.71 bits per heavy atom. The van der Waals surface area contributed by atoms with Gasteiger partial charge in [-0.25, -0.2) is 9.59 Å². The lowest BCUT2D eigenvalue weighted by atomic mass is 10.0. The van der Waals surface area contributed by atoms with Gasteiger partial charge in [-0.05, 0) is 87.5 Å². The van der Waals surface area contributed by atoms with E-state index in [1.165, 1.54) is 7.11 Å². The van der Waals surface area contributed by atoms with Crippen LogP contribution in [-0.2, 0) is 20.3 Å². The molecule has 3 unspecified atom stereocenters. The van der Waals surface area contributed by atoms with Crippen LogP contribution in [0.15, 0.2) is 48.8 Å². The van der Waals surface area contributed by atoms with Gasteiger partial charge in [0.2, 0.25) is 0 Å². The highest BCUT2D eigenvalue weighted by Crippen LogP contribution is 2.44. The van der Waals surface area contributed by atoms with Crippen LogP contribution in [0.2, 0.25) is 18.1 Å². The molecule has 3 atom stereocenters. The van der Waals surface area contributed by atoms with Crippen molar-refractivity contribution >= 4 is 20.4 Å². The second kappa shape index (κ2) is 11.6. The molecule has 3 rings (SSSR count). The van der Waals surface area contributed by atoms with Crippen LogP contribution < -0.4 is 0 Å². The summed E-state index contributed by atoms with van der Waals surface area (Å²) in [7, 11) is -0.824. The van der Waals surface area contributed by atoms with Gasteiger partial charge in [0.25, 0.3) is 0 Å². The van der Waals surface area contributed by atoms with Crippen LogP contribution in [0.3, 0.4) is 0 Å². The highest BCUT2D eigenvalue weighted by atomic mass is 28.4. The largest absolute Gasteiger partial charge is 0.465 e. The molecule has 1 aliphatic heterocycles. The van der Waals surface area contributed by atoms with Crippen molar-refractivity contribution in [2.45, 2.75) is 103 Å². The number of carbonyl (C=O) groups excluding carboxylic acids is 2. The first-order valence-corrected chi connectivity index (χ1v) is 16.3. The van der Waals surface area contributed by atoms with E-state index in [-0.39, 0.29) is 35.3 Å². The first-order valence-electron chi connectivity index (χ1n) is 13.4. The second-order valence-electron chi connectivity index (χ2n) is 12.7. The Morgan fingerprint density at radius 3 is 2.24 bits per heavy atom. The molecule has 1 fully saturated rings. The van der Waals surface area contributed by atoms with E-state index < -0.39 is 13.9 Å². The summed E-state index contributed by atoms with van der Waals surface area (Å²) in [5.41, 5.74) is 1.89. The summed E-state index contributed by atoms with van der Waals surface area (Å²) in [6, 6.07) is 11.1. The monoisotopic (exact) mass is 540 g/mol. The molecule has 38 heavy (non-hydrogen) atoms. The van der Waals surface area contributed by atoms with Crippen LogP contribution >= 0.6 is 0 Å². The number of methoxy groups -OCH3 is 1. The lowest BCUT2D eigenvalue weighted by molar-refractivity contribution is -0.00244. The quantitative estimate of drug-likeness (QED) is 0.280. The summed E-state index contributed by atoms with van der Waals surface area (Å²) in [6.07, 6.45) is 5.22. The molecule has 2 heterocycles. The van der Waals surface area contributed by atoms with Crippen molar-refractivity contribution < 1.29 is 23.5 Å². The Balaban J connectivity index is 1.98. The molecule has 1 aromatic heterocycles. The molecule has 0 N–H and O–H groups in total. The fourth-order valence-corrected chi connectivity index (χ4v) is 5.86. The minimum atomic E-state index is -2.20. The maximum absolute atomic E-state index is 13.7. The van der Waals surface area contributed by atoms with Gasteiger partial charge in [0.1, 0.15) is 5.60 Å². The number of ether oxygens (including phenoxy) is 2. The van der Waals surface area contributed by atoms with Gasteiger partial charge in [-0.3, -0.25) is 9.88 Å². The van der Waals surface area contributed by atoms with Gasteiger partial charge in [-0.2, -0.15) is 0 Å². The summed E-state index contributed by atoms with van der Waals surface area (Å²) in [5.74, 6) is -0.366. The Bertz CT molecular complexity index is 1090. The molecule has 0 bridgehead atoms. The third-order valence-electron chi connectivity index (χ3n) is 7.59. The number of esters is 1. The predicted molar refractivity (Wildman–Crippen MR) is 152 cm³/mol. The van der Waals surface area contributed by atoms with E-state index in [0.717, 1.165) is 24.0 Å². The maximum atomic E-state index is 13.7. The third kappa shape index (κ3) is 7.23. The average molecular weight is 541 g/mol. The first-order chi connectivity index (χ1) is 17.6. The van der Waals surface area contributed by atoms with E-state index in [9.17, 15) is 9.59 Å². The molecule has 1 aromatic carbocycles. The molecule has 0 saturated carbocycles. The summed E-state index contributed by atoms with van der Waals surface area (Å²) in [5, 5.41) is 0.00357. The zero-order valence-electron chi connectivity index (χ0n) is 24.4. The molecular formula is C30H44N2O5Si. The van der Waals surface area contributed by atoms with Gasteiger partial charge in [-0.15, -0.1) is 0 Å². The van der Waals surface area contributed by atoms with Crippen molar-refractivity contribution in [1.29, 1.82) is 0 Å². The standard InChI is InChI=1S/C30H44N2O5Si/c1-29(2,3)36-28(34)32-24(19-21-12-14-22(15-13-21)27(33)35-7)16-17-25(32)26(23-11-10-18-31-20-23)37-38(8,9)30(4,5)6/h10-15,18,20,24-26H,16-17,19H2,1-9H3. The molecule has 1 aliphatic rings. The number of hydrogen-bond acceptors (Lipinski definition) is 6. The number of carbonyl (C=O) groups is 2. The SMILES string of the molecule is COC(=O)c1ccc(CC2CCC(C(O[Si](C)(C)C(C)(C)C)c3cccnc3)N2C(=O)OC(C)(C)C)cc1. The Hall–Kier alpha value is -2.71. The van der Waals surface area contributed by atoms with Crippen LogP contribution in [0.25, 0.3) is 0 Å². The lowest BCUT2D eigenvalue weighted by Crippen LogP contribution is -2.50. The Kier molecular flexibility index (Phi) is 9.09. The number of pyridine rings is 1. The van der Waals surface area contributed by atoms with Crippen molar-refractivity contribution in [1.82, 2.24) is 9.88 Å². The van der Waals surface area contributed by atoms with Crippen LogP contribution in [0.5, 0.6) is 0 Å². The number of aromatic nitrogens is 1. The first kappa shape index (κ1) is 29.8. The number of benzene rings is 1. The molecule has 0 spiro atoms. The van der Waals surface area contributed by atoms with Crippen LogP contribution in [0, 0.1) is 0 Å². The van der Waals surface area contributed by atoms with E-state index in [1.807, 2.05) is 56.1 Å². The van der Waals surface area contributed by atoms with Crippen LogP contribution in [0.1, 0.15) is 82.0 Å². The van der Waals surface area contributed by atoms with Gasteiger partial charge in [-0.1, -0.05) is 39.0 Å². The number of likely N-dealkylation sites (tertiary alicyclic amines) is 1. The van der Waals surface area contributed by atoms with Crippen molar-refractivity contribution in [3.05, 3.63) is 65.5 Å². The highest BCUT2D eigenvalue weighted by molar-refractivity contribution is 6.74. The van der Waals surface area contributed by atoms with Gasteiger partial charge < -0.3 is 13.9 Å². The van der Waals surface area contributed by atoms with E-state index in [0.29, 0.717) is 12.0 Å². The van der Waals surface area contributed by atoms with Gasteiger partial charge in [0, 0.05) is 18.4 Å². The van der Waals surface area contributed by atoms with Gasteiger partial charge in [0.05, 0.1) is 24.8 Å². The molecule has 1 saturated heterocycles. The molecule has 8 heteroatoms. The average Bonchev–Trinajstić information content (AvgIpc) is 3.24. The number of hydrogen-bond donors (Lipinski definition) is 0. The fourth-order valence-electron chi connectivity index (χ4n) is 4.58. The van der Waals surface area contributed by atoms with Gasteiger partial charge in [0.15, 0.2) is 8.32 Å². The number of amides is 1. The normalized spacial score (nSPS) is 19.2.